The van der Waals surface area contributed by atoms with Crippen LogP contribution in [0.25, 0.3) is 5.82 Å². The van der Waals surface area contributed by atoms with Crippen molar-refractivity contribution in [2.75, 3.05) is 18.8 Å². The quantitative estimate of drug-likeness (QED) is 0.463. The van der Waals surface area contributed by atoms with Gasteiger partial charge in [-0.25, -0.2) is 10.1 Å². The van der Waals surface area contributed by atoms with Crippen molar-refractivity contribution in [3.05, 3.63) is 46.8 Å². The van der Waals surface area contributed by atoms with Crippen molar-refractivity contribution in [1.29, 1.82) is 0 Å². The molecule has 1 saturated heterocycles. The fourth-order valence-corrected chi connectivity index (χ4v) is 3.16. The molecule has 1 aliphatic heterocycles. The first-order valence-electron chi connectivity index (χ1n) is 9.27. The predicted octanol–water partition coefficient (Wildman–Crippen LogP) is 0.901. The predicted molar refractivity (Wildman–Crippen MR) is 104 cm³/mol. The summed E-state index contributed by atoms with van der Waals surface area (Å²) >= 11 is 0. The molecule has 29 heavy (non-hydrogen) atoms. The number of benzene rings is 1. The number of nitrogens with two attached hydrogens (primary N) is 1. The zero-order chi connectivity index (χ0) is 20.2. The normalized spacial score (nSPS) is 14.7. The summed E-state index contributed by atoms with van der Waals surface area (Å²) in [5.74, 6) is -0.354. The fraction of sp³-hybridized carbons (Fsp3) is 0.333. The van der Waals surface area contributed by atoms with Crippen molar-refractivity contribution in [2.45, 2.75) is 26.3 Å². The second-order valence-electron chi connectivity index (χ2n) is 6.86. The van der Waals surface area contributed by atoms with Gasteiger partial charge in [0.15, 0.2) is 5.69 Å². The summed E-state index contributed by atoms with van der Waals surface area (Å²) in [6, 6.07) is 7.77. The Morgan fingerprint density at radius 1 is 1.28 bits per heavy atom. The van der Waals surface area contributed by atoms with E-state index in [4.69, 9.17) is 5.73 Å². The Bertz CT molecular complexity index is 1020. The van der Waals surface area contributed by atoms with Crippen molar-refractivity contribution in [1.82, 2.24) is 35.6 Å². The van der Waals surface area contributed by atoms with Crippen LogP contribution in [0, 0.1) is 6.92 Å². The average molecular weight is 395 g/mol. The first-order chi connectivity index (χ1) is 14.1. The largest absolute Gasteiger partial charge is 0.378 e. The van der Waals surface area contributed by atoms with Crippen molar-refractivity contribution in [2.24, 2.45) is 5.10 Å². The summed E-state index contributed by atoms with van der Waals surface area (Å²) in [6.07, 6.45) is 3.81. The molecule has 3 aromatic rings. The number of amides is 1. The van der Waals surface area contributed by atoms with Crippen LogP contribution in [0.3, 0.4) is 0 Å². The number of rotatable bonds is 6. The Hall–Kier alpha value is -3.60. The molecule has 0 aliphatic carbocycles. The number of anilines is 1. The van der Waals surface area contributed by atoms with Gasteiger partial charge in [-0.1, -0.05) is 35.0 Å². The van der Waals surface area contributed by atoms with Gasteiger partial charge in [-0.3, -0.25) is 9.69 Å². The maximum absolute atomic E-state index is 12.9. The number of carbonyl (C=O) groups excluding carboxylic acids is 1. The Labute approximate surface area is 166 Å². The van der Waals surface area contributed by atoms with Gasteiger partial charge in [0.1, 0.15) is 5.69 Å². The molecule has 4 rings (SSSR count). The van der Waals surface area contributed by atoms with Crippen LogP contribution in [-0.4, -0.2) is 55.4 Å². The molecule has 11 nitrogen and oxygen atoms in total. The lowest BCUT2D eigenvalue weighted by Crippen LogP contribution is -2.26. The van der Waals surface area contributed by atoms with E-state index in [0.29, 0.717) is 12.2 Å². The summed E-state index contributed by atoms with van der Waals surface area (Å²) in [5, 5.41) is 19.5. The number of carbonyl (C=O) groups is 1. The van der Waals surface area contributed by atoms with Crippen molar-refractivity contribution in [3.8, 4) is 5.82 Å². The van der Waals surface area contributed by atoms with Crippen molar-refractivity contribution < 1.29 is 9.42 Å². The molecule has 150 valence electrons. The van der Waals surface area contributed by atoms with E-state index in [-0.39, 0.29) is 17.3 Å². The number of hydrazone groups is 1. The summed E-state index contributed by atoms with van der Waals surface area (Å²) in [5.41, 5.74) is 11.0. The Kier molecular flexibility index (Phi) is 5.29. The molecule has 11 heteroatoms. The molecule has 1 fully saturated rings. The first kappa shape index (κ1) is 18.7. The van der Waals surface area contributed by atoms with E-state index < -0.39 is 5.91 Å². The van der Waals surface area contributed by atoms with Gasteiger partial charge in [-0.15, -0.1) is 5.10 Å². The lowest BCUT2D eigenvalue weighted by atomic mass is 10.2. The zero-order valence-electron chi connectivity index (χ0n) is 15.9. The summed E-state index contributed by atoms with van der Waals surface area (Å²) in [4.78, 5) is 15.1. The van der Waals surface area contributed by atoms with Crippen LogP contribution in [0.2, 0.25) is 0 Å². The Morgan fingerprint density at radius 2 is 2.03 bits per heavy atom. The number of aryl methyl sites for hydroxylation is 1. The zero-order valence-corrected chi connectivity index (χ0v) is 15.9. The SMILES string of the molecule is Cc1ccc(/C=N/NC(=O)c2c(CN3CCCC3)nnn2-c2nonc2N)cc1. The molecule has 3 heterocycles. The van der Waals surface area contributed by atoms with Gasteiger partial charge in [0, 0.05) is 6.54 Å². The monoisotopic (exact) mass is 395 g/mol. The van der Waals surface area contributed by atoms with Crippen LogP contribution in [0.15, 0.2) is 34.0 Å². The number of nitrogens with one attached hydrogen (secondary N) is 1. The first-order valence-corrected chi connectivity index (χ1v) is 9.27. The van der Waals surface area contributed by atoms with Gasteiger partial charge in [-0.05, 0) is 48.7 Å². The third-order valence-electron chi connectivity index (χ3n) is 4.68. The van der Waals surface area contributed by atoms with Gasteiger partial charge in [0.2, 0.25) is 11.6 Å². The fourth-order valence-electron chi connectivity index (χ4n) is 3.16. The summed E-state index contributed by atoms with van der Waals surface area (Å²) < 4.78 is 5.87. The van der Waals surface area contributed by atoms with Gasteiger partial charge in [0.25, 0.3) is 5.91 Å². The summed E-state index contributed by atoms with van der Waals surface area (Å²) in [6.45, 7) is 4.40. The second kappa shape index (κ2) is 8.19. The number of nitrogens with zero attached hydrogens (tertiary/aromatic N) is 7. The van der Waals surface area contributed by atoms with E-state index in [0.717, 1.165) is 37.1 Å². The van der Waals surface area contributed by atoms with Crippen LogP contribution >= 0.6 is 0 Å². The minimum Gasteiger partial charge on any atom is -0.378 e. The smallest absolute Gasteiger partial charge is 0.292 e. The van der Waals surface area contributed by atoms with E-state index in [1.165, 1.54) is 4.68 Å². The number of likely N-dealkylation sites (tertiary alicyclic amines) is 1. The van der Waals surface area contributed by atoms with E-state index in [2.05, 4.69) is 40.7 Å². The molecule has 0 bridgehead atoms. The topological polar surface area (TPSA) is 140 Å². The van der Waals surface area contributed by atoms with E-state index in [1.54, 1.807) is 6.21 Å². The van der Waals surface area contributed by atoms with Crippen LogP contribution < -0.4 is 11.2 Å². The molecule has 0 saturated carbocycles. The van der Waals surface area contributed by atoms with E-state index in [9.17, 15) is 4.79 Å². The average Bonchev–Trinajstić information content (AvgIpc) is 3.45. The highest BCUT2D eigenvalue weighted by atomic mass is 16.6. The van der Waals surface area contributed by atoms with Gasteiger partial charge >= 0.3 is 0 Å². The second-order valence-corrected chi connectivity index (χ2v) is 6.86. The molecule has 1 amide bonds. The molecule has 0 spiro atoms. The van der Waals surface area contributed by atoms with Crippen LogP contribution in [-0.2, 0) is 6.54 Å². The molecule has 0 atom stereocenters. The lowest BCUT2D eigenvalue weighted by Gasteiger charge is -2.13. The molecule has 1 aliphatic rings. The molecule has 0 unspecified atom stereocenters. The number of hydrogen-bond acceptors (Lipinski definition) is 9. The van der Waals surface area contributed by atoms with Crippen molar-refractivity contribution in [3.63, 3.8) is 0 Å². The lowest BCUT2D eigenvalue weighted by molar-refractivity contribution is 0.0945. The number of aromatic nitrogens is 5. The molecule has 0 radical (unpaired) electrons. The van der Waals surface area contributed by atoms with Gasteiger partial charge in [0.05, 0.1) is 6.21 Å². The van der Waals surface area contributed by atoms with Crippen LogP contribution in [0.1, 0.15) is 40.2 Å². The number of nitrogen functional groups attached to an aromatic ring is 1. The maximum Gasteiger partial charge on any atom is 0.292 e. The number of hydrogen-bond donors (Lipinski definition) is 2. The van der Waals surface area contributed by atoms with E-state index >= 15 is 0 Å². The molecular weight excluding hydrogens is 374 g/mol. The summed E-state index contributed by atoms with van der Waals surface area (Å²) in [7, 11) is 0. The molecule has 3 N–H and O–H groups in total. The van der Waals surface area contributed by atoms with E-state index in [1.807, 2.05) is 31.2 Å². The standard InChI is InChI=1S/C18H21N9O2/c1-12-4-6-13(7-5-12)10-20-22-18(28)15-14(11-26-8-2-3-9-26)21-25-27(15)17-16(19)23-29-24-17/h4-7,10H,2-3,8-9,11H2,1H3,(H2,19,23)(H,22,28)/b20-10+. The third kappa shape index (κ3) is 4.14. The minimum atomic E-state index is -0.477. The molecular formula is C18H21N9O2. The Balaban J connectivity index is 1.58. The van der Waals surface area contributed by atoms with Gasteiger partial charge < -0.3 is 5.73 Å². The van der Waals surface area contributed by atoms with Gasteiger partial charge in [-0.2, -0.15) is 9.78 Å². The Morgan fingerprint density at radius 3 is 2.72 bits per heavy atom. The van der Waals surface area contributed by atoms with Crippen LogP contribution in [0.4, 0.5) is 5.82 Å². The highest BCUT2D eigenvalue weighted by Crippen LogP contribution is 2.18. The van der Waals surface area contributed by atoms with Crippen molar-refractivity contribution >= 4 is 17.9 Å². The minimum absolute atomic E-state index is 0.0137. The highest BCUT2D eigenvalue weighted by molar-refractivity contribution is 5.95. The highest BCUT2D eigenvalue weighted by Gasteiger charge is 2.26. The third-order valence-corrected chi connectivity index (χ3v) is 4.68. The molecule has 2 aromatic heterocycles. The van der Waals surface area contributed by atoms with Crippen LogP contribution in [0.5, 0.6) is 0 Å². The maximum atomic E-state index is 12.9. The molecule has 1 aromatic carbocycles.